The maximum absolute atomic E-state index is 11.1. The molecule has 13 aromatic heterocycles. The van der Waals surface area contributed by atoms with E-state index in [-0.39, 0.29) is 96.9 Å². The number of thiophene rings is 7. The number of benzene rings is 3. The largest absolute Gasteiger partial charge is 1.00 e. The molecule has 0 aliphatic heterocycles. The van der Waals surface area contributed by atoms with Crippen molar-refractivity contribution in [2.24, 2.45) is 5.73 Å². The second kappa shape index (κ2) is 70.5. The van der Waals surface area contributed by atoms with Crippen LogP contribution in [-0.2, 0) is 26.7 Å². The SMILES string of the molecule is BrBr.COC(=O)c1sccc1N.CSc1ccc(-c2csc3c(SC)ncnc23)cc1.CSc1ccc(-c2csc3c(SC)ncnc23)cc1.CSc1ccc(O[B]O)cc1.CSc1ncnc2c(Br)csc12.C[S-].Clc1ncnc2c(Br)csc12.NC=O.O.O.O.O.O.O.O.O.O=P(Cl)(Cl)Cl.O=c1[nH]cnc2c(Br)csc12.O=c1[nH]cnc2ccsc12.[Na+]. The van der Waals surface area contributed by atoms with Crippen LogP contribution in [0.2, 0.25) is 5.15 Å². The van der Waals surface area contributed by atoms with Crippen molar-refractivity contribution in [3.05, 3.63) is 205 Å². The molecule has 1 amide bonds. The van der Waals surface area contributed by atoms with Crippen LogP contribution in [0.4, 0.5) is 5.69 Å². The molecule has 0 atom stereocenters. The minimum absolute atomic E-state index is 0. The van der Waals surface area contributed by atoms with Gasteiger partial charge in [-0.1, -0.05) is 35.9 Å². The molecule has 124 heavy (non-hydrogen) atoms. The minimum atomic E-state index is -3.22. The van der Waals surface area contributed by atoms with Crippen molar-refractivity contribution in [2.45, 2.75) is 29.8 Å². The summed E-state index contributed by atoms with van der Waals surface area (Å²) in [6.07, 6.45) is 23.3. The number of carbonyl (C=O) groups is 2. The Morgan fingerprint density at radius 3 is 1.20 bits per heavy atom. The molecule has 16 rings (SSSR count). The summed E-state index contributed by atoms with van der Waals surface area (Å²) in [5.74, 6) is 0.276. The summed E-state index contributed by atoms with van der Waals surface area (Å²) in [6, 6.07) is 28.2. The number of fused-ring (bicyclic) bond motifs is 6. The number of nitrogens with two attached hydrogens (primary N) is 2. The van der Waals surface area contributed by atoms with Gasteiger partial charge in [0.2, 0.25) is 6.41 Å². The summed E-state index contributed by atoms with van der Waals surface area (Å²) >= 11 is 60.2. The number of halogens is 9. The molecule has 56 heteroatoms. The zero-order valence-corrected chi connectivity index (χ0v) is 90.5. The van der Waals surface area contributed by atoms with E-state index in [1.54, 1.807) is 153 Å². The van der Waals surface area contributed by atoms with E-state index < -0.39 is 5.20 Å². The zero-order chi connectivity index (χ0) is 84.6. The molecule has 3 aromatic carbocycles. The molecule has 0 fully saturated rings. The average Bonchev–Trinajstić information content (AvgIpc) is 1.64. The minimum Gasteiger partial charge on any atom is -0.796 e. The van der Waals surface area contributed by atoms with Gasteiger partial charge in [-0.05, 0) is 202 Å². The number of nitrogens with zero attached hydrogens (tertiary/aromatic N) is 10. The van der Waals surface area contributed by atoms with Crippen LogP contribution in [0.15, 0.2) is 213 Å². The first-order chi connectivity index (χ1) is 55.5. The number of amides is 1. The smallest absolute Gasteiger partial charge is 0.796 e. The number of aromatic nitrogens is 12. The summed E-state index contributed by atoms with van der Waals surface area (Å²) in [5.41, 5.74) is 20.3. The maximum Gasteiger partial charge on any atom is 1.00 e. The quantitative estimate of drug-likeness (QED) is 0.0153. The van der Waals surface area contributed by atoms with E-state index in [0.29, 0.717) is 38.6 Å². The predicted octanol–water partition coefficient (Wildman–Crippen LogP) is 15.2. The summed E-state index contributed by atoms with van der Waals surface area (Å²) in [7, 11) is 2.01. The standard InChI is InChI=1S/2C14H12N2S3.C7H8BO2S.C7H5BrN2S2.C6H2BrClN2S.C6H3BrN2OS.C6H4N2OS.C6H7NO2S.CH3NO.CH4S.Br2.Cl3OP.Na.8H2O/c2*1-17-10-5-3-9(4-6-10)11-7-19-13-12(11)15-8-16-14(13)18-2;1-11-7-4-2-6(3-5-7)10-8-9;1-11-7-6-5(9-3-10-7)4(8)2-12-6;7-3-1-11-5-4(3)9-2-10-6(5)8;7-3-1-11-5-4(3)8-2-9-6(5)10;9-6-5-4(1-2-10-5)7-3-8-6;1-9-6(8)5-4(7)2-3-10-5;2-1-3;2*1-2;1-5(2,3)4;;;;;;;;;/h2*3-8H,1-2H3;2-5,9H,1H3;2-3H,1H3;1-2H;1-2H,(H,8,9,10);1-3H,(H,7,8,9);2-3H,7H2,1H3;1H,(H2,2,3);2H,1H3;;;;8*1H2/q;;;;;;;;;;;;+1;;;;;;;;/p-1. The number of anilines is 1. The molecule has 23 N–H and O–H groups in total. The number of hydrogen-bond acceptors (Lipinski definition) is 33. The van der Waals surface area contributed by atoms with Gasteiger partial charge in [0.05, 0.1) is 79.7 Å². The summed E-state index contributed by atoms with van der Waals surface area (Å²) < 4.78 is 27.4. The molecule has 30 nitrogen and oxygen atoms in total. The van der Waals surface area contributed by atoms with Crippen molar-refractivity contribution >= 4 is 376 Å². The molecule has 0 spiro atoms. The Balaban J connectivity index is -0.000000427. The third-order valence-electron chi connectivity index (χ3n) is 13.5. The first-order valence-electron chi connectivity index (χ1n) is 30.8. The van der Waals surface area contributed by atoms with Crippen LogP contribution in [0.1, 0.15) is 9.67 Å². The molecule has 1 radical (unpaired) electrons. The first-order valence-corrected chi connectivity index (χ1v) is 56.0. The second-order valence-electron chi connectivity index (χ2n) is 19.9. The van der Waals surface area contributed by atoms with Gasteiger partial charge in [-0.15, -0.1) is 150 Å². The van der Waals surface area contributed by atoms with Gasteiger partial charge in [0.15, 0.2) is 0 Å². The number of H-pyrrole nitrogens is 2. The summed E-state index contributed by atoms with van der Waals surface area (Å²) in [4.78, 5) is 92.5. The maximum atomic E-state index is 11.1. The number of methoxy groups -OCH3 is 1. The molecule has 0 aliphatic carbocycles. The Bertz CT molecular complexity index is 5730. The fourth-order valence-corrected chi connectivity index (χ4v) is 20.3. The number of hydrogen-bond donors (Lipinski definition) is 5. The van der Waals surface area contributed by atoms with Crippen molar-refractivity contribution in [2.75, 3.05) is 56.6 Å². The molecule has 0 aliphatic rings. The number of ether oxygens (including phenoxy) is 1. The Labute approximate surface area is 851 Å². The number of rotatable bonds is 11. The molecule has 16 aromatic rings. The van der Waals surface area contributed by atoms with Gasteiger partial charge in [-0.2, -0.15) is 6.26 Å². The number of nitrogens with one attached hydrogen (secondary N) is 2. The van der Waals surface area contributed by atoms with Gasteiger partial charge >= 0.3 is 48.4 Å². The van der Waals surface area contributed by atoms with Gasteiger partial charge in [0.1, 0.15) is 76.6 Å². The number of thioether (sulfide) groups is 6. The number of carbonyl (C=O) groups excluding carboxylic acids is 2. The van der Waals surface area contributed by atoms with Crippen LogP contribution in [0.3, 0.4) is 0 Å². The van der Waals surface area contributed by atoms with Crippen LogP contribution >= 0.6 is 276 Å². The predicted molar refractivity (Wildman–Crippen MR) is 550 cm³/mol. The van der Waals surface area contributed by atoms with Crippen LogP contribution in [0, 0.1) is 0 Å². The number of esters is 1. The van der Waals surface area contributed by atoms with Gasteiger partial charge in [-0.25, -0.2) is 54.6 Å². The van der Waals surface area contributed by atoms with Gasteiger partial charge in [0, 0.05) is 81.0 Å². The fraction of sp³-hybridized carbons (Fsp3) is 0.118. The third kappa shape index (κ3) is 40.8. The fourth-order valence-electron chi connectivity index (χ4n) is 8.57. The summed E-state index contributed by atoms with van der Waals surface area (Å²) in [5, 5.41) is 22.6. The van der Waals surface area contributed by atoms with E-state index >= 15 is 0 Å². The van der Waals surface area contributed by atoms with Crippen LogP contribution in [0.25, 0.3) is 83.6 Å². The van der Waals surface area contributed by atoms with Crippen LogP contribution in [-0.4, -0.2) is 180 Å². The molecule has 0 saturated carbocycles. The topological polar surface area (TPSA) is 589 Å². The van der Waals surface area contributed by atoms with E-state index in [1.165, 1.54) is 118 Å². The van der Waals surface area contributed by atoms with Crippen molar-refractivity contribution < 1.29 is 102 Å². The van der Waals surface area contributed by atoms with Crippen molar-refractivity contribution in [3.8, 4) is 28.0 Å². The van der Waals surface area contributed by atoms with E-state index in [2.05, 4.69) is 277 Å². The number of primary amides is 1. The second-order valence-corrected chi connectivity index (χ2v) is 40.8. The zero-order valence-electron chi connectivity index (χ0n) is 65.2. The van der Waals surface area contributed by atoms with Crippen LogP contribution < -0.4 is 56.8 Å². The molecule has 0 unspecified atom stereocenters. The first kappa shape index (κ1) is 129. The van der Waals surface area contributed by atoms with E-state index in [1.807, 2.05) is 52.2 Å². The average molecular weight is 2400 g/mol. The van der Waals surface area contributed by atoms with E-state index in [4.69, 9.17) is 31.8 Å². The Morgan fingerprint density at radius 1 is 0.500 bits per heavy atom. The molecule has 669 valence electrons. The Kier molecular flexibility index (Phi) is 73.4. The molecular formula is C68H75BBr5Cl4N14NaO16PS14. The van der Waals surface area contributed by atoms with Crippen LogP contribution in [0.5, 0.6) is 5.75 Å². The summed E-state index contributed by atoms with van der Waals surface area (Å²) in [6.45, 7) is 0. The third-order valence-corrected chi connectivity index (χ3v) is 28.0. The number of nitrogen functional groups attached to an aromatic ring is 1. The van der Waals surface area contributed by atoms with E-state index in [9.17, 15) is 18.9 Å². The molecular weight excluding hydrogens is 2320 g/mol. The van der Waals surface area contributed by atoms with Gasteiger partial charge in [-0.3, -0.25) is 18.9 Å². The van der Waals surface area contributed by atoms with E-state index in [0.717, 1.165) is 71.0 Å². The van der Waals surface area contributed by atoms with Gasteiger partial charge < -0.3 is 92.3 Å². The Morgan fingerprint density at radius 2 is 0.839 bits per heavy atom. The number of aromatic amines is 2. The van der Waals surface area contributed by atoms with Crippen molar-refractivity contribution in [1.29, 1.82) is 0 Å². The normalized spacial score (nSPS) is 9.41. The molecule has 0 bridgehead atoms. The Hall–Kier alpha value is -3.32. The monoisotopic (exact) mass is 2390 g/mol. The van der Waals surface area contributed by atoms with Crippen molar-refractivity contribution in [1.82, 2.24) is 59.8 Å². The molecule has 13 heterocycles. The van der Waals surface area contributed by atoms with Crippen molar-refractivity contribution in [3.63, 3.8) is 0 Å². The molecule has 0 saturated heterocycles. The van der Waals surface area contributed by atoms with Gasteiger partial charge in [0.25, 0.3) is 11.1 Å².